The van der Waals surface area contributed by atoms with Crippen molar-refractivity contribution in [1.82, 2.24) is 0 Å². The Morgan fingerprint density at radius 1 is 1.29 bits per heavy atom. The molecule has 0 radical (unpaired) electrons. The van der Waals surface area contributed by atoms with Crippen molar-refractivity contribution in [3.63, 3.8) is 0 Å². The molecule has 0 amide bonds. The maximum absolute atomic E-state index is 13.2. The lowest BCUT2D eigenvalue weighted by molar-refractivity contribution is 0.580. The van der Waals surface area contributed by atoms with Gasteiger partial charge in [0, 0.05) is 12.6 Å². The van der Waals surface area contributed by atoms with Crippen LogP contribution in [0.3, 0.4) is 0 Å². The van der Waals surface area contributed by atoms with Crippen LogP contribution in [0.15, 0.2) is 16.6 Å². The fraction of sp³-hybridized carbons (Fsp3) is 0.400. The van der Waals surface area contributed by atoms with E-state index in [2.05, 4.69) is 21.2 Å². The van der Waals surface area contributed by atoms with Gasteiger partial charge in [0.1, 0.15) is 11.6 Å². The highest BCUT2D eigenvalue weighted by Crippen LogP contribution is 2.30. The van der Waals surface area contributed by atoms with Gasteiger partial charge in [0.05, 0.1) is 10.2 Å². The molecule has 4 heteroatoms. The molecule has 1 fully saturated rings. The van der Waals surface area contributed by atoms with Crippen LogP contribution >= 0.6 is 15.9 Å². The molecule has 0 aliphatic heterocycles. The second-order valence-corrected chi connectivity index (χ2v) is 4.42. The van der Waals surface area contributed by atoms with Crippen LogP contribution < -0.4 is 5.32 Å². The molecular weight excluding hydrogens is 252 g/mol. The first-order chi connectivity index (χ1) is 6.66. The van der Waals surface area contributed by atoms with Crippen molar-refractivity contribution in [3.05, 3.63) is 28.2 Å². The molecule has 0 spiro atoms. The molecule has 0 saturated heterocycles. The van der Waals surface area contributed by atoms with E-state index in [1.165, 1.54) is 18.9 Å². The summed E-state index contributed by atoms with van der Waals surface area (Å²) in [6.45, 7) is 0.773. The summed E-state index contributed by atoms with van der Waals surface area (Å²) >= 11 is 3.02. The van der Waals surface area contributed by atoms with Crippen molar-refractivity contribution in [2.45, 2.75) is 12.8 Å². The summed E-state index contributed by atoms with van der Waals surface area (Å²) in [7, 11) is 0. The van der Waals surface area contributed by atoms with Gasteiger partial charge in [-0.15, -0.1) is 0 Å². The van der Waals surface area contributed by atoms with Gasteiger partial charge >= 0.3 is 0 Å². The van der Waals surface area contributed by atoms with E-state index in [1.807, 2.05) is 0 Å². The molecule has 1 nitrogen and oxygen atoms in total. The highest BCUT2D eigenvalue weighted by molar-refractivity contribution is 9.10. The molecule has 2 rings (SSSR count). The largest absolute Gasteiger partial charge is 0.382 e. The average Bonchev–Trinajstić information content (AvgIpc) is 2.92. The second-order valence-electron chi connectivity index (χ2n) is 3.57. The number of hydrogen-bond donors (Lipinski definition) is 1. The minimum Gasteiger partial charge on any atom is -0.382 e. The highest BCUT2D eigenvalue weighted by atomic mass is 79.9. The lowest BCUT2D eigenvalue weighted by Gasteiger charge is -2.07. The molecule has 14 heavy (non-hydrogen) atoms. The van der Waals surface area contributed by atoms with E-state index >= 15 is 0 Å². The topological polar surface area (TPSA) is 12.0 Å². The Morgan fingerprint density at radius 3 is 2.64 bits per heavy atom. The monoisotopic (exact) mass is 261 g/mol. The maximum atomic E-state index is 13.2. The molecule has 1 saturated carbocycles. The van der Waals surface area contributed by atoms with Gasteiger partial charge in [0.2, 0.25) is 0 Å². The van der Waals surface area contributed by atoms with Gasteiger partial charge in [0.25, 0.3) is 0 Å². The van der Waals surface area contributed by atoms with Crippen LogP contribution in [0.1, 0.15) is 12.8 Å². The van der Waals surface area contributed by atoms with Crippen molar-refractivity contribution in [2.75, 3.05) is 11.9 Å². The molecule has 1 aliphatic carbocycles. The third-order valence-corrected chi connectivity index (χ3v) is 2.90. The van der Waals surface area contributed by atoms with Crippen LogP contribution in [-0.2, 0) is 0 Å². The van der Waals surface area contributed by atoms with E-state index in [-0.39, 0.29) is 4.47 Å². The lowest BCUT2D eigenvalue weighted by Crippen LogP contribution is -2.05. The van der Waals surface area contributed by atoms with Gasteiger partial charge in [-0.1, -0.05) is 0 Å². The summed E-state index contributed by atoms with van der Waals surface area (Å²) in [4.78, 5) is 0. The first kappa shape index (κ1) is 9.90. The SMILES string of the molecule is Fc1cc(F)c(NCC2CC2)cc1Br. The normalized spacial score (nSPS) is 15.6. The molecule has 0 unspecified atom stereocenters. The second kappa shape index (κ2) is 3.85. The van der Waals surface area contributed by atoms with Crippen LogP contribution in [0.2, 0.25) is 0 Å². The first-order valence-electron chi connectivity index (χ1n) is 4.55. The van der Waals surface area contributed by atoms with Crippen LogP contribution in [0.25, 0.3) is 0 Å². The molecule has 76 valence electrons. The van der Waals surface area contributed by atoms with Crippen LogP contribution in [0.4, 0.5) is 14.5 Å². The molecule has 0 bridgehead atoms. The summed E-state index contributed by atoms with van der Waals surface area (Å²) in [5.41, 5.74) is 0.366. The zero-order valence-electron chi connectivity index (χ0n) is 7.49. The first-order valence-corrected chi connectivity index (χ1v) is 5.34. The number of hydrogen-bond acceptors (Lipinski definition) is 1. The van der Waals surface area contributed by atoms with Crippen molar-refractivity contribution in [2.24, 2.45) is 5.92 Å². The number of rotatable bonds is 3. The Kier molecular flexibility index (Phi) is 2.72. The molecule has 1 aromatic carbocycles. The summed E-state index contributed by atoms with van der Waals surface area (Å²) < 4.78 is 26.3. The fourth-order valence-corrected chi connectivity index (χ4v) is 1.58. The van der Waals surface area contributed by atoms with E-state index in [4.69, 9.17) is 0 Å². The predicted octanol–water partition coefficient (Wildman–Crippen LogP) is 3.55. The third-order valence-electron chi connectivity index (χ3n) is 2.29. The van der Waals surface area contributed by atoms with E-state index in [0.29, 0.717) is 11.6 Å². The average molecular weight is 262 g/mol. The van der Waals surface area contributed by atoms with Gasteiger partial charge in [-0.25, -0.2) is 8.78 Å². The van der Waals surface area contributed by atoms with Crippen molar-refractivity contribution >= 4 is 21.6 Å². The molecule has 1 aromatic rings. The molecular formula is C10H10BrF2N. The number of nitrogens with one attached hydrogen (secondary N) is 1. The maximum Gasteiger partial charge on any atom is 0.149 e. The van der Waals surface area contributed by atoms with E-state index in [0.717, 1.165) is 12.6 Å². The summed E-state index contributed by atoms with van der Waals surface area (Å²) in [6.07, 6.45) is 2.41. The Bertz CT molecular complexity index is 350. The molecule has 0 heterocycles. The fourth-order valence-electron chi connectivity index (χ4n) is 1.23. The Labute approximate surface area is 89.6 Å². The van der Waals surface area contributed by atoms with Crippen LogP contribution in [-0.4, -0.2) is 6.54 Å². The standard InChI is InChI=1S/C10H10BrF2N/c11-7-3-10(9(13)4-8(7)12)14-5-6-1-2-6/h3-4,6,14H,1-2,5H2. The minimum atomic E-state index is -0.570. The van der Waals surface area contributed by atoms with E-state index < -0.39 is 11.6 Å². The lowest BCUT2D eigenvalue weighted by atomic mass is 10.3. The minimum absolute atomic E-state index is 0.289. The van der Waals surface area contributed by atoms with Gasteiger partial charge in [-0.3, -0.25) is 0 Å². The van der Waals surface area contributed by atoms with Crippen molar-refractivity contribution < 1.29 is 8.78 Å². The summed E-state index contributed by atoms with van der Waals surface area (Å²) in [6, 6.07) is 2.33. The zero-order chi connectivity index (χ0) is 10.1. The quantitative estimate of drug-likeness (QED) is 0.821. The Balaban J connectivity index is 2.10. The third kappa shape index (κ3) is 2.23. The van der Waals surface area contributed by atoms with Crippen molar-refractivity contribution in [3.8, 4) is 0 Å². The van der Waals surface area contributed by atoms with Gasteiger partial charge in [-0.05, 0) is 40.8 Å². The van der Waals surface area contributed by atoms with Gasteiger partial charge in [-0.2, -0.15) is 0 Å². The smallest absolute Gasteiger partial charge is 0.149 e. The Hall–Kier alpha value is -0.640. The van der Waals surface area contributed by atoms with E-state index in [9.17, 15) is 8.78 Å². The predicted molar refractivity (Wildman–Crippen MR) is 55.3 cm³/mol. The number of benzene rings is 1. The van der Waals surface area contributed by atoms with Crippen LogP contribution in [0.5, 0.6) is 0 Å². The van der Waals surface area contributed by atoms with E-state index in [1.54, 1.807) is 0 Å². The molecule has 1 aliphatic rings. The zero-order valence-corrected chi connectivity index (χ0v) is 9.07. The number of halogens is 3. The van der Waals surface area contributed by atoms with Gasteiger partial charge in [0.15, 0.2) is 0 Å². The highest BCUT2D eigenvalue weighted by Gasteiger charge is 2.21. The summed E-state index contributed by atoms with van der Waals surface area (Å²) in [5.74, 6) is -0.441. The molecule has 0 aromatic heterocycles. The Morgan fingerprint density at radius 2 is 2.00 bits per heavy atom. The summed E-state index contributed by atoms with van der Waals surface area (Å²) in [5, 5.41) is 2.97. The number of anilines is 1. The van der Waals surface area contributed by atoms with Crippen molar-refractivity contribution in [1.29, 1.82) is 0 Å². The van der Waals surface area contributed by atoms with Crippen LogP contribution in [0, 0.1) is 17.6 Å². The molecule has 1 N–H and O–H groups in total. The van der Waals surface area contributed by atoms with Gasteiger partial charge < -0.3 is 5.32 Å². The molecule has 0 atom stereocenters.